The molecule has 1 fully saturated rings. The summed E-state index contributed by atoms with van der Waals surface area (Å²) >= 11 is 5.00. The number of hydrogen-bond donors (Lipinski definition) is 1. The van der Waals surface area contributed by atoms with Crippen molar-refractivity contribution in [1.82, 2.24) is 24.8 Å². The normalized spacial score (nSPS) is 19.8. The standard InChI is InChI=1S/C15H20N6O4S/c1-3-4-10-12-13(21(18-10)15(16)26)14(23)20(19-17-12)11-6-5-9(25-11)7-24-8(2)22/h9,11H,3-7H2,1-2H3,(H2,16,26). The molecule has 0 amide bonds. The van der Waals surface area contributed by atoms with E-state index >= 15 is 0 Å². The molecular weight excluding hydrogens is 360 g/mol. The van der Waals surface area contributed by atoms with E-state index in [9.17, 15) is 9.59 Å². The van der Waals surface area contributed by atoms with Gasteiger partial charge in [0, 0.05) is 6.92 Å². The summed E-state index contributed by atoms with van der Waals surface area (Å²) in [7, 11) is 0. The van der Waals surface area contributed by atoms with Crippen LogP contribution in [0.15, 0.2) is 4.79 Å². The van der Waals surface area contributed by atoms with Gasteiger partial charge in [-0.25, -0.2) is 0 Å². The van der Waals surface area contributed by atoms with E-state index in [1.54, 1.807) is 0 Å². The monoisotopic (exact) mass is 380 g/mol. The van der Waals surface area contributed by atoms with Crippen molar-refractivity contribution in [2.75, 3.05) is 6.61 Å². The van der Waals surface area contributed by atoms with Crippen LogP contribution in [-0.4, -0.2) is 48.6 Å². The number of nitrogens with zero attached hydrogens (tertiary/aromatic N) is 5. The fraction of sp³-hybridized carbons (Fsp3) is 0.600. The summed E-state index contributed by atoms with van der Waals surface area (Å²) < 4.78 is 13.1. The predicted molar refractivity (Wildman–Crippen MR) is 95.5 cm³/mol. The number of carbonyl (C=O) groups is 1. The van der Waals surface area contributed by atoms with E-state index in [1.807, 2.05) is 6.92 Å². The van der Waals surface area contributed by atoms with Crippen molar-refractivity contribution in [3.63, 3.8) is 0 Å². The fourth-order valence-corrected chi connectivity index (χ4v) is 3.08. The number of carbonyl (C=O) groups excluding carboxylic acids is 1. The number of aryl methyl sites for hydroxylation is 1. The van der Waals surface area contributed by atoms with Crippen LogP contribution < -0.4 is 11.3 Å². The summed E-state index contributed by atoms with van der Waals surface area (Å²) in [6, 6.07) is 0. The first-order valence-electron chi connectivity index (χ1n) is 8.38. The van der Waals surface area contributed by atoms with Gasteiger partial charge in [0.05, 0.1) is 11.8 Å². The van der Waals surface area contributed by atoms with Gasteiger partial charge in [-0.05, 0) is 31.5 Å². The van der Waals surface area contributed by atoms with Crippen LogP contribution in [0.25, 0.3) is 11.0 Å². The summed E-state index contributed by atoms with van der Waals surface area (Å²) in [4.78, 5) is 23.9. The third-order valence-corrected chi connectivity index (χ3v) is 4.28. The molecule has 1 aliphatic rings. The van der Waals surface area contributed by atoms with Crippen molar-refractivity contribution in [2.24, 2.45) is 5.73 Å². The van der Waals surface area contributed by atoms with Crippen molar-refractivity contribution >= 4 is 34.3 Å². The molecule has 2 aromatic rings. The van der Waals surface area contributed by atoms with Gasteiger partial charge < -0.3 is 15.2 Å². The first-order valence-corrected chi connectivity index (χ1v) is 8.79. The summed E-state index contributed by atoms with van der Waals surface area (Å²) in [5.41, 5.74) is 6.51. The zero-order chi connectivity index (χ0) is 18.8. The number of aromatic nitrogens is 5. The first-order chi connectivity index (χ1) is 12.4. The maximum atomic E-state index is 13.0. The van der Waals surface area contributed by atoms with Crippen molar-refractivity contribution < 1.29 is 14.3 Å². The second-order valence-electron chi connectivity index (χ2n) is 6.08. The van der Waals surface area contributed by atoms with Gasteiger partial charge in [0.25, 0.3) is 5.56 Å². The Bertz CT molecular complexity index is 907. The quantitative estimate of drug-likeness (QED) is 0.574. The average Bonchev–Trinajstić information content (AvgIpc) is 3.19. The third-order valence-electron chi connectivity index (χ3n) is 4.11. The van der Waals surface area contributed by atoms with E-state index in [2.05, 4.69) is 15.4 Å². The molecule has 0 spiro atoms. The van der Waals surface area contributed by atoms with Crippen LogP contribution in [0.4, 0.5) is 0 Å². The highest BCUT2D eigenvalue weighted by Gasteiger charge is 2.30. The Hall–Kier alpha value is -2.40. The molecule has 0 aromatic carbocycles. The Morgan fingerprint density at radius 1 is 1.46 bits per heavy atom. The first kappa shape index (κ1) is 18.4. The maximum absolute atomic E-state index is 13.0. The van der Waals surface area contributed by atoms with Crippen molar-refractivity contribution in [3.8, 4) is 0 Å². The average molecular weight is 380 g/mol. The van der Waals surface area contributed by atoms with E-state index in [-0.39, 0.29) is 29.3 Å². The van der Waals surface area contributed by atoms with Gasteiger partial charge in [-0.2, -0.15) is 14.5 Å². The van der Waals surface area contributed by atoms with Crippen molar-refractivity contribution in [1.29, 1.82) is 0 Å². The molecule has 0 bridgehead atoms. The van der Waals surface area contributed by atoms with Gasteiger partial charge >= 0.3 is 5.97 Å². The fourth-order valence-electron chi connectivity index (χ4n) is 2.95. The molecule has 11 heteroatoms. The molecule has 140 valence electrons. The molecule has 2 N–H and O–H groups in total. The maximum Gasteiger partial charge on any atom is 0.302 e. The molecule has 2 aromatic heterocycles. The molecule has 3 heterocycles. The Kier molecular flexibility index (Phi) is 5.28. The van der Waals surface area contributed by atoms with Gasteiger partial charge in [-0.3, -0.25) is 9.59 Å². The summed E-state index contributed by atoms with van der Waals surface area (Å²) in [6.45, 7) is 3.47. The molecule has 3 rings (SSSR count). The lowest BCUT2D eigenvalue weighted by molar-refractivity contribution is -0.145. The molecule has 10 nitrogen and oxygen atoms in total. The summed E-state index contributed by atoms with van der Waals surface area (Å²) in [5, 5.41) is 12.4. The molecule has 0 radical (unpaired) electrons. The molecule has 2 atom stereocenters. The minimum absolute atomic E-state index is 0.0333. The number of fused-ring (bicyclic) bond motifs is 1. The van der Waals surface area contributed by atoms with Gasteiger partial charge in [0.2, 0.25) is 0 Å². The Morgan fingerprint density at radius 2 is 2.23 bits per heavy atom. The van der Waals surface area contributed by atoms with Crippen LogP contribution in [0, 0.1) is 0 Å². The number of ether oxygens (including phenoxy) is 2. The van der Waals surface area contributed by atoms with E-state index in [1.165, 1.54) is 16.3 Å². The van der Waals surface area contributed by atoms with Crippen LogP contribution in [0.5, 0.6) is 0 Å². The highest BCUT2D eigenvalue weighted by Crippen LogP contribution is 2.27. The number of esters is 1. The zero-order valence-electron chi connectivity index (χ0n) is 14.5. The van der Waals surface area contributed by atoms with Crippen LogP contribution in [0.1, 0.15) is 45.0 Å². The Balaban J connectivity index is 1.95. The number of hydrogen-bond acceptors (Lipinski definition) is 8. The molecular formula is C15H20N6O4S. The number of nitrogens with two attached hydrogens (primary N) is 1. The smallest absolute Gasteiger partial charge is 0.302 e. The summed E-state index contributed by atoms with van der Waals surface area (Å²) in [6.07, 6.45) is 1.77. The largest absolute Gasteiger partial charge is 0.463 e. The van der Waals surface area contributed by atoms with E-state index < -0.39 is 11.8 Å². The third kappa shape index (κ3) is 3.44. The van der Waals surface area contributed by atoms with Crippen LogP contribution in [0.2, 0.25) is 0 Å². The molecule has 1 aliphatic heterocycles. The van der Waals surface area contributed by atoms with Crippen LogP contribution >= 0.6 is 12.2 Å². The second kappa shape index (κ2) is 7.46. The van der Waals surface area contributed by atoms with Crippen molar-refractivity contribution in [3.05, 3.63) is 16.0 Å². The highest BCUT2D eigenvalue weighted by molar-refractivity contribution is 7.80. The molecule has 1 saturated heterocycles. The van der Waals surface area contributed by atoms with E-state index in [4.69, 9.17) is 27.4 Å². The lowest BCUT2D eigenvalue weighted by Crippen LogP contribution is -2.32. The number of rotatable bonds is 5. The molecule has 0 aliphatic carbocycles. The minimum atomic E-state index is -0.593. The SMILES string of the molecule is CCCc1nn(C(N)=S)c2c(=O)n(C3CCC(COC(C)=O)O3)nnc12. The molecule has 2 unspecified atom stereocenters. The van der Waals surface area contributed by atoms with Gasteiger partial charge in [-0.15, -0.1) is 5.10 Å². The van der Waals surface area contributed by atoms with Crippen molar-refractivity contribution in [2.45, 2.75) is 51.9 Å². The summed E-state index contributed by atoms with van der Waals surface area (Å²) in [5.74, 6) is -0.376. The second-order valence-corrected chi connectivity index (χ2v) is 6.49. The predicted octanol–water partition coefficient (Wildman–Crippen LogP) is 0.273. The zero-order valence-corrected chi connectivity index (χ0v) is 15.4. The lowest BCUT2D eigenvalue weighted by Gasteiger charge is -2.14. The topological polar surface area (TPSA) is 127 Å². The van der Waals surface area contributed by atoms with Gasteiger partial charge in [0.15, 0.2) is 16.9 Å². The Morgan fingerprint density at radius 3 is 2.88 bits per heavy atom. The van der Waals surface area contributed by atoms with Gasteiger partial charge in [-0.1, -0.05) is 18.6 Å². The molecule has 26 heavy (non-hydrogen) atoms. The molecule has 0 saturated carbocycles. The Labute approximate surface area is 154 Å². The van der Waals surface area contributed by atoms with Crippen LogP contribution in [0.3, 0.4) is 0 Å². The minimum Gasteiger partial charge on any atom is -0.463 e. The lowest BCUT2D eigenvalue weighted by atomic mass is 10.2. The van der Waals surface area contributed by atoms with E-state index in [0.29, 0.717) is 30.5 Å². The van der Waals surface area contributed by atoms with Crippen LogP contribution in [-0.2, 0) is 20.7 Å². The van der Waals surface area contributed by atoms with E-state index in [0.717, 1.165) is 6.42 Å². The highest BCUT2D eigenvalue weighted by atomic mass is 32.1. The van der Waals surface area contributed by atoms with Gasteiger partial charge in [0.1, 0.15) is 12.1 Å². The number of thiocarbonyl (C=S) groups is 1.